The first-order valence-corrected chi connectivity index (χ1v) is 12.0. The van der Waals surface area contributed by atoms with Gasteiger partial charge in [0.25, 0.3) is 5.91 Å². The van der Waals surface area contributed by atoms with Gasteiger partial charge in [0.05, 0.1) is 20.3 Å². The first-order chi connectivity index (χ1) is 17.0. The lowest BCUT2D eigenvalue weighted by Crippen LogP contribution is -2.39. The summed E-state index contributed by atoms with van der Waals surface area (Å²) >= 11 is 0. The first kappa shape index (κ1) is 24.5. The number of aromatic nitrogens is 1. The second-order valence-corrected chi connectivity index (χ2v) is 8.86. The number of nitrogens with zero attached hydrogens (tertiary/aromatic N) is 3. The topological polar surface area (TPSA) is 101 Å². The van der Waals surface area contributed by atoms with Gasteiger partial charge in [-0.1, -0.05) is 12.1 Å². The van der Waals surface area contributed by atoms with Gasteiger partial charge in [-0.15, -0.1) is 0 Å². The van der Waals surface area contributed by atoms with Gasteiger partial charge in [-0.25, -0.2) is 4.79 Å². The van der Waals surface area contributed by atoms with E-state index in [0.717, 1.165) is 30.4 Å². The highest BCUT2D eigenvalue weighted by Gasteiger charge is 2.38. The number of nitrogens with one attached hydrogen (secondary N) is 1. The van der Waals surface area contributed by atoms with Gasteiger partial charge in [0.1, 0.15) is 6.04 Å². The summed E-state index contributed by atoms with van der Waals surface area (Å²) in [5.74, 6) is 0.937. The summed E-state index contributed by atoms with van der Waals surface area (Å²) in [4.78, 5) is 45.8. The number of carbonyl (C=O) groups is 3. The molecule has 2 aliphatic rings. The number of pyridine rings is 1. The van der Waals surface area contributed by atoms with Crippen LogP contribution in [0, 0.1) is 0 Å². The van der Waals surface area contributed by atoms with Gasteiger partial charge >= 0.3 is 6.03 Å². The molecule has 2 fully saturated rings. The molecule has 2 atom stereocenters. The molecule has 0 aliphatic carbocycles. The van der Waals surface area contributed by atoms with Crippen LogP contribution in [0.2, 0.25) is 0 Å². The summed E-state index contributed by atoms with van der Waals surface area (Å²) in [5.41, 5.74) is 1.96. The van der Waals surface area contributed by atoms with Crippen LogP contribution in [-0.4, -0.2) is 66.0 Å². The lowest BCUT2D eigenvalue weighted by atomic mass is 9.95. The molecular weight excluding hydrogens is 448 g/mol. The van der Waals surface area contributed by atoms with Crippen molar-refractivity contribution in [1.82, 2.24) is 20.1 Å². The predicted octanol–water partition coefficient (Wildman–Crippen LogP) is 3.10. The Morgan fingerprint density at radius 3 is 2.71 bits per heavy atom. The van der Waals surface area contributed by atoms with Crippen LogP contribution in [0.4, 0.5) is 4.79 Å². The highest BCUT2D eigenvalue weighted by Crippen LogP contribution is 2.31. The zero-order valence-electron chi connectivity index (χ0n) is 20.2. The minimum atomic E-state index is -0.682. The van der Waals surface area contributed by atoms with Gasteiger partial charge in [-0.2, -0.15) is 0 Å². The summed E-state index contributed by atoms with van der Waals surface area (Å²) < 4.78 is 10.6. The third kappa shape index (κ3) is 5.55. The number of amides is 4. The molecule has 0 bridgehead atoms. The van der Waals surface area contributed by atoms with Gasteiger partial charge < -0.3 is 19.7 Å². The second kappa shape index (κ2) is 11.2. The molecule has 4 amide bonds. The van der Waals surface area contributed by atoms with Crippen LogP contribution < -0.4 is 14.8 Å². The Morgan fingerprint density at radius 2 is 1.97 bits per heavy atom. The minimum absolute atomic E-state index is 0.00406. The molecule has 1 aromatic heterocycles. The number of ether oxygens (including phenoxy) is 2. The van der Waals surface area contributed by atoms with E-state index >= 15 is 0 Å². The maximum Gasteiger partial charge on any atom is 0.324 e. The normalized spacial score (nSPS) is 20.1. The molecule has 2 aromatic rings. The molecule has 2 aliphatic heterocycles. The van der Waals surface area contributed by atoms with Crippen LogP contribution in [0.15, 0.2) is 42.7 Å². The lowest BCUT2D eigenvalue weighted by molar-refractivity contribution is -0.135. The molecule has 0 unspecified atom stereocenters. The van der Waals surface area contributed by atoms with Crippen LogP contribution in [-0.2, 0) is 16.0 Å². The smallest absolute Gasteiger partial charge is 0.324 e. The van der Waals surface area contributed by atoms with Crippen molar-refractivity contribution in [2.24, 2.45) is 0 Å². The zero-order chi connectivity index (χ0) is 24.8. The van der Waals surface area contributed by atoms with Crippen LogP contribution in [0.25, 0.3) is 0 Å². The van der Waals surface area contributed by atoms with E-state index in [4.69, 9.17) is 9.47 Å². The maximum atomic E-state index is 13.1. The van der Waals surface area contributed by atoms with E-state index in [0.29, 0.717) is 24.5 Å². The largest absolute Gasteiger partial charge is 0.493 e. The predicted molar refractivity (Wildman–Crippen MR) is 129 cm³/mol. The van der Waals surface area contributed by atoms with E-state index in [9.17, 15) is 14.4 Å². The Labute approximate surface area is 205 Å². The number of hydrogen-bond acceptors (Lipinski definition) is 6. The maximum absolute atomic E-state index is 13.1. The third-order valence-electron chi connectivity index (χ3n) is 6.72. The zero-order valence-corrected chi connectivity index (χ0v) is 20.2. The molecule has 4 rings (SSSR count). The van der Waals surface area contributed by atoms with Crippen LogP contribution in [0.3, 0.4) is 0 Å². The number of piperidine rings is 1. The molecule has 35 heavy (non-hydrogen) atoms. The SMILES string of the molecule is COc1ccc(CCN2C(=O)N[C@H](CCC(=O)N3CCCC[C@H]3c3cccnc3)C2=O)cc1OC. The van der Waals surface area contributed by atoms with Crippen molar-refractivity contribution in [3.05, 3.63) is 53.9 Å². The second-order valence-electron chi connectivity index (χ2n) is 8.86. The summed E-state index contributed by atoms with van der Waals surface area (Å²) in [6, 6.07) is 8.32. The fourth-order valence-corrected chi connectivity index (χ4v) is 4.82. The summed E-state index contributed by atoms with van der Waals surface area (Å²) in [5, 5.41) is 2.74. The number of benzene rings is 1. The Bertz CT molecular complexity index is 1060. The molecule has 186 valence electrons. The quantitative estimate of drug-likeness (QED) is 0.554. The fourth-order valence-electron chi connectivity index (χ4n) is 4.82. The third-order valence-corrected chi connectivity index (χ3v) is 6.72. The van der Waals surface area contributed by atoms with Crippen LogP contribution in [0.5, 0.6) is 11.5 Å². The average Bonchev–Trinajstić information content (AvgIpc) is 3.18. The van der Waals surface area contributed by atoms with Gasteiger partial charge in [0, 0.05) is 31.9 Å². The van der Waals surface area contributed by atoms with Crippen molar-refractivity contribution in [1.29, 1.82) is 0 Å². The van der Waals surface area contributed by atoms with E-state index in [2.05, 4.69) is 10.3 Å². The van der Waals surface area contributed by atoms with Crippen molar-refractivity contribution in [2.45, 2.75) is 50.6 Å². The van der Waals surface area contributed by atoms with Crippen molar-refractivity contribution in [2.75, 3.05) is 27.3 Å². The summed E-state index contributed by atoms with van der Waals surface area (Å²) in [7, 11) is 3.13. The van der Waals surface area contributed by atoms with E-state index in [1.165, 1.54) is 4.90 Å². The van der Waals surface area contributed by atoms with Crippen molar-refractivity contribution in [3.8, 4) is 11.5 Å². The number of rotatable bonds is 9. The number of hydrogen-bond donors (Lipinski definition) is 1. The Kier molecular flexibility index (Phi) is 7.84. The minimum Gasteiger partial charge on any atom is -0.493 e. The van der Waals surface area contributed by atoms with Crippen LogP contribution in [0.1, 0.15) is 49.3 Å². The molecule has 9 heteroatoms. The van der Waals surface area contributed by atoms with Gasteiger partial charge in [0.2, 0.25) is 5.91 Å². The molecule has 9 nitrogen and oxygen atoms in total. The van der Waals surface area contributed by atoms with E-state index in [-0.39, 0.29) is 37.2 Å². The number of carbonyl (C=O) groups excluding carboxylic acids is 3. The van der Waals surface area contributed by atoms with Crippen molar-refractivity contribution < 1.29 is 23.9 Å². The molecular formula is C26H32N4O5. The van der Waals surface area contributed by atoms with Crippen LogP contribution >= 0.6 is 0 Å². The number of urea groups is 1. The summed E-state index contributed by atoms with van der Waals surface area (Å²) in [6.45, 7) is 0.945. The van der Waals surface area contributed by atoms with E-state index < -0.39 is 12.1 Å². The molecule has 0 spiro atoms. The highest BCUT2D eigenvalue weighted by molar-refractivity contribution is 6.04. The van der Waals surface area contributed by atoms with Gasteiger partial charge in [0.15, 0.2) is 11.5 Å². The standard InChI is InChI=1S/C26H32N4O5/c1-34-22-10-8-18(16-23(22)35-2)12-15-30-25(32)20(28-26(30)33)9-11-24(31)29-14-4-3-7-21(29)19-6-5-13-27-17-19/h5-6,8,10,13,16-17,20-21H,3-4,7,9,11-12,14-15H2,1-2H3,(H,28,33)/t20-,21+/m1/s1. The highest BCUT2D eigenvalue weighted by atomic mass is 16.5. The summed E-state index contributed by atoms with van der Waals surface area (Å²) in [6.07, 6.45) is 7.45. The van der Waals surface area contributed by atoms with E-state index in [1.807, 2.05) is 35.4 Å². The van der Waals surface area contributed by atoms with E-state index in [1.54, 1.807) is 26.5 Å². The number of imide groups is 1. The molecule has 1 N–H and O–H groups in total. The number of likely N-dealkylation sites (tertiary alicyclic amines) is 1. The lowest BCUT2D eigenvalue weighted by Gasteiger charge is -2.36. The Balaban J connectivity index is 1.32. The Hall–Kier alpha value is -3.62. The molecule has 0 saturated carbocycles. The monoisotopic (exact) mass is 480 g/mol. The average molecular weight is 481 g/mol. The number of methoxy groups -OCH3 is 2. The Morgan fingerprint density at radius 1 is 1.14 bits per heavy atom. The van der Waals surface area contributed by atoms with Crippen molar-refractivity contribution >= 4 is 17.8 Å². The molecule has 3 heterocycles. The molecule has 1 aromatic carbocycles. The van der Waals surface area contributed by atoms with Gasteiger partial charge in [-0.3, -0.25) is 19.5 Å². The molecule has 0 radical (unpaired) electrons. The fraction of sp³-hybridized carbons (Fsp3) is 0.462. The first-order valence-electron chi connectivity index (χ1n) is 12.0. The van der Waals surface area contributed by atoms with Gasteiger partial charge in [-0.05, 0) is 61.4 Å². The van der Waals surface area contributed by atoms with Crippen molar-refractivity contribution in [3.63, 3.8) is 0 Å². The molecule has 2 saturated heterocycles.